The lowest BCUT2D eigenvalue weighted by atomic mass is 10.3. The van der Waals surface area contributed by atoms with E-state index in [1.54, 1.807) is 113 Å². The molecule has 0 atom stereocenters. The Kier molecular flexibility index (Phi) is 8.17. The Bertz CT molecular complexity index is 2120. The highest BCUT2D eigenvalue weighted by molar-refractivity contribution is 7.92. The summed E-state index contributed by atoms with van der Waals surface area (Å²) in [6.45, 7) is 1.00. The number of pyridine rings is 2. The fourth-order valence-electron chi connectivity index (χ4n) is 4.57. The number of aromatic nitrogens is 4. The molecule has 6 aromatic rings. The molecule has 0 amide bonds. The zero-order valence-corrected chi connectivity index (χ0v) is 23.9. The van der Waals surface area contributed by atoms with Crippen LogP contribution < -0.4 is 5.73 Å². The number of hydrogen-bond donors (Lipinski definition) is 1. The lowest BCUT2D eigenvalue weighted by Gasteiger charge is -2.02. The van der Waals surface area contributed by atoms with E-state index in [0.29, 0.717) is 35.2 Å². The second kappa shape index (κ2) is 12.0. The minimum atomic E-state index is -3.63. The predicted molar refractivity (Wildman–Crippen MR) is 158 cm³/mol. The van der Waals surface area contributed by atoms with Crippen LogP contribution in [-0.2, 0) is 32.8 Å². The van der Waals surface area contributed by atoms with E-state index in [2.05, 4.69) is 9.97 Å². The molecule has 2 aromatic carbocycles. The maximum Gasteiger partial charge on any atom is 0.208 e. The fraction of sp³-hybridized carbons (Fsp3) is 0.100. The topological polar surface area (TPSA) is 154 Å². The van der Waals surface area contributed by atoms with E-state index in [4.69, 9.17) is 11.0 Å². The van der Waals surface area contributed by atoms with Crippen LogP contribution in [0, 0.1) is 11.3 Å². The molecule has 0 aliphatic heterocycles. The Morgan fingerprint density at radius 2 is 1.12 bits per heavy atom. The molecule has 0 spiro atoms. The van der Waals surface area contributed by atoms with E-state index in [1.807, 2.05) is 6.07 Å². The molecule has 4 aromatic heterocycles. The molecule has 4 heterocycles. The van der Waals surface area contributed by atoms with E-state index in [9.17, 15) is 16.8 Å². The molecule has 0 bridgehead atoms. The zero-order chi connectivity index (χ0) is 29.7. The molecule has 2 N–H and O–H groups in total. The summed E-state index contributed by atoms with van der Waals surface area (Å²) in [5.74, 6) is 0. The lowest BCUT2D eigenvalue weighted by molar-refractivity contribution is 0.594. The third kappa shape index (κ3) is 5.40. The van der Waals surface area contributed by atoms with Crippen LogP contribution in [0.2, 0.25) is 0 Å². The van der Waals surface area contributed by atoms with E-state index < -0.39 is 19.7 Å². The van der Waals surface area contributed by atoms with Gasteiger partial charge in [0.05, 0.1) is 25.7 Å². The van der Waals surface area contributed by atoms with Crippen molar-refractivity contribution in [2.24, 2.45) is 5.73 Å². The van der Waals surface area contributed by atoms with E-state index in [0.717, 1.165) is 0 Å². The highest BCUT2D eigenvalue weighted by atomic mass is 32.2. The highest BCUT2D eigenvalue weighted by Gasteiger charge is 2.24. The molecule has 0 saturated heterocycles. The van der Waals surface area contributed by atoms with Gasteiger partial charge in [-0.2, -0.15) is 5.26 Å². The van der Waals surface area contributed by atoms with Crippen LogP contribution in [0.25, 0.3) is 22.1 Å². The van der Waals surface area contributed by atoms with Gasteiger partial charge in [0.2, 0.25) is 19.7 Å². The van der Waals surface area contributed by atoms with Gasteiger partial charge in [0.1, 0.15) is 17.8 Å². The number of sulfone groups is 2. The maximum absolute atomic E-state index is 12.8. The minimum absolute atomic E-state index is 0.0534. The molecular weight excluding hydrogens is 573 g/mol. The van der Waals surface area contributed by atoms with E-state index in [1.165, 1.54) is 6.20 Å². The summed E-state index contributed by atoms with van der Waals surface area (Å²) in [6, 6.07) is 25.5. The Labute approximate surface area is 243 Å². The third-order valence-electron chi connectivity index (χ3n) is 6.49. The summed E-state index contributed by atoms with van der Waals surface area (Å²) in [5.41, 5.74) is 6.71. The average Bonchev–Trinajstić information content (AvgIpc) is 3.59. The van der Waals surface area contributed by atoms with Gasteiger partial charge in [0.25, 0.3) is 0 Å². The van der Waals surface area contributed by atoms with Crippen molar-refractivity contribution in [1.82, 2.24) is 19.1 Å². The first-order valence-corrected chi connectivity index (χ1v) is 15.8. The standard InChI is InChI=1S/C15H15N3O2S.C15H11N3O2S/c2*16-8-10-18-11-14(13-7-4-9-17-15(13)18)21(19,20)12-5-2-1-3-6-12/h1-7,9,11H,8,10,16H2;1-7,9,11H,10H2. The second-order valence-corrected chi connectivity index (χ2v) is 13.0. The van der Waals surface area contributed by atoms with Gasteiger partial charge >= 0.3 is 0 Å². The van der Waals surface area contributed by atoms with Crippen molar-refractivity contribution in [3.05, 3.63) is 110 Å². The summed E-state index contributed by atoms with van der Waals surface area (Å²) >= 11 is 0. The summed E-state index contributed by atoms with van der Waals surface area (Å²) < 4.78 is 54.4. The van der Waals surface area contributed by atoms with Gasteiger partial charge in [-0.05, 0) is 48.5 Å². The van der Waals surface area contributed by atoms with Crippen LogP contribution in [0.15, 0.2) is 129 Å². The monoisotopic (exact) mass is 598 g/mol. The number of nitrogens with zero attached hydrogens (tertiary/aromatic N) is 5. The molecule has 0 saturated carbocycles. The largest absolute Gasteiger partial charge is 0.330 e. The molecule has 42 heavy (non-hydrogen) atoms. The molecule has 0 unspecified atom stereocenters. The number of nitriles is 1. The molecule has 0 aliphatic carbocycles. The molecule has 10 nitrogen and oxygen atoms in total. The van der Waals surface area contributed by atoms with Gasteiger partial charge in [-0.3, -0.25) is 0 Å². The molecule has 0 fully saturated rings. The molecule has 12 heteroatoms. The first kappa shape index (κ1) is 28.7. The molecule has 0 aliphatic rings. The number of nitrogens with two attached hydrogens (primary N) is 1. The van der Waals surface area contributed by atoms with Gasteiger partial charge in [-0.15, -0.1) is 0 Å². The van der Waals surface area contributed by atoms with Gasteiger partial charge < -0.3 is 14.9 Å². The van der Waals surface area contributed by atoms with Gasteiger partial charge in [0, 0.05) is 48.6 Å². The van der Waals surface area contributed by atoms with Crippen molar-refractivity contribution < 1.29 is 16.8 Å². The third-order valence-corrected chi connectivity index (χ3v) is 10.1. The van der Waals surface area contributed by atoms with Crippen LogP contribution in [0.1, 0.15) is 0 Å². The molecule has 0 radical (unpaired) electrons. The van der Waals surface area contributed by atoms with Crippen LogP contribution in [0.5, 0.6) is 0 Å². The summed E-state index contributed by atoms with van der Waals surface area (Å²) in [4.78, 5) is 9.39. The smallest absolute Gasteiger partial charge is 0.208 e. The number of hydrogen-bond acceptors (Lipinski definition) is 8. The van der Waals surface area contributed by atoms with Crippen LogP contribution in [0.3, 0.4) is 0 Å². The van der Waals surface area contributed by atoms with Gasteiger partial charge in [0.15, 0.2) is 0 Å². The number of benzene rings is 2. The van der Waals surface area contributed by atoms with Crippen molar-refractivity contribution in [2.45, 2.75) is 32.7 Å². The highest BCUT2D eigenvalue weighted by Crippen LogP contribution is 2.30. The maximum atomic E-state index is 12.8. The van der Waals surface area contributed by atoms with Crippen molar-refractivity contribution in [3.63, 3.8) is 0 Å². The first-order chi connectivity index (χ1) is 20.3. The van der Waals surface area contributed by atoms with Crippen LogP contribution in [-0.4, -0.2) is 42.5 Å². The molecule has 6 rings (SSSR count). The quantitative estimate of drug-likeness (QED) is 0.287. The summed E-state index contributed by atoms with van der Waals surface area (Å²) in [5, 5.41) is 10.0. The Morgan fingerprint density at radius 3 is 1.57 bits per heavy atom. The first-order valence-electron chi connectivity index (χ1n) is 12.8. The number of fused-ring (bicyclic) bond motifs is 2. The second-order valence-electron chi connectivity index (χ2n) is 9.14. The zero-order valence-electron chi connectivity index (χ0n) is 22.3. The SMILES string of the molecule is N#CCn1cc(S(=O)(=O)c2ccccc2)c2cccnc21.NCCn1cc(S(=O)(=O)c2ccccc2)c2cccnc21. The van der Waals surface area contributed by atoms with Crippen molar-refractivity contribution in [2.75, 3.05) is 6.54 Å². The normalized spacial score (nSPS) is 11.6. The summed E-state index contributed by atoms with van der Waals surface area (Å²) in [6.07, 6.45) is 6.32. The van der Waals surface area contributed by atoms with Crippen molar-refractivity contribution in [3.8, 4) is 6.07 Å². The van der Waals surface area contributed by atoms with E-state index in [-0.39, 0.29) is 26.1 Å². The number of rotatable bonds is 7. The summed E-state index contributed by atoms with van der Waals surface area (Å²) in [7, 11) is -7.20. The predicted octanol–water partition coefficient (Wildman–Crippen LogP) is 4.22. The van der Waals surface area contributed by atoms with Crippen LogP contribution >= 0.6 is 0 Å². The lowest BCUT2D eigenvalue weighted by Crippen LogP contribution is -2.09. The van der Waals surface area contributed by atoms with Gasteiger partial charge in [-0.1, -0.05) is 36.4 Å². The van der Waals surface area contributed by atoms with Crippen molar-refractivity contribution in [1.29, 1.82) is 5.26 Å². The van der Waals surface area contributed by atoms with Crippen LogP contribution in [0.4, 0.5) is 0 Å². The molecule has 212 valence electrons. The van der Waals surface area contributed by atoms with E-state index >= 15 is 0 Å². The van der Waals surface area contributed by atoms with Gasteiger partial charge in [-0.25, -0.2) is 26.8 Å². The Balaban J connectivity index is 0.000000168. The van der Waals surface area contributed by atoms with Crippen molar-refractivity contribution >= 4 is 41.7 Å². The minimum Gasteiger partial charge on any atom is -0.330 e. The Morgan fingerprint density at radius 1 is 0.667 bits per heavy atom. The fourth-order valence-corrected chi connectivity index (χ4v) is 7.54. The Hall–Kier alpha value is -4.83. The average molecular weight is 599 g/mol. The molecular formula is C30H26N6O4S2.